The lowest BCUT2D eigenvalue weighted by atomic mass is 10.3. The van der Waals surface area contributed by atoms with E-state index in [4.69, 9.17) is 9.47 Å². The number of hydrogen-bond acceptors (Lipinski definition) is 5. The van der Waals surface area contributed by atoms with Gasteiger partial charge in [-0.05, 0) is 13.8 Å². The van der Waals surface area contributed by atoms with Gasteiger partial charge in [-0.3, -0.25) is 0 Å². The zero-order valence-electron chi connectivity index (χ0n) is 10.1. The highest BCUT2D eigenvalue weighted by Crippen LogP contribution is 1.99. The Balaban J connectivity index is 4.62. The van der Waals surface area contributed by atoms with Crippen molar-refractivity contribution in [2.24, 2.45) is 4.99 Å². The van der Waals surface area contributed by atoms with Gasteiger partial charge in [0.1, 0.15) is 0 Å². The summed E-state index contributed by atoms with van der Waals surface area (Å²) in [6.07, 6.45) is 1.37. The molecule has 0 spiro atoms. The molecule has 0 aromatic carbocycles. The summed E-state index contributed by atoms with van der Waals surface area (Å²) in [6, 6.07) is -1.23. The molecule has 0 N–H and O–H groups in total. The zero-order valence-corrected chi connectivity index (χ0v) is 10.1. The standard InChI is InChI=1S/C10H18N2O4/c1-5-15-9(13)8(10(14)16-6-2)11-7-12(3)4/h7-8H,5-6H2,1-4H3. The van der Waals surface area contributed by atoms with Crippen LogP contribution in [-0.4, -0.2) is 56.5 Å². The third-order valence-electron chi connectivity index (χ3n) is 1.47. The minimum atomic E-state index is -1.23. The summed E-state index contributed by atoms with van der Waals surface area (Å²) in [5.74, 6) is -1.39. The fourth-order valence-electron chi connectivity index (χ4n) is 0.860. The van der Waals surface area contributed by atoms with E-state index in [1.54, 1.807) is 32.8 Å². The molecule has 0 unspecified atom stereocenters. The number of hydrogen-bond donors (Lipinski definition) is 0. The number of carbonyl (C=O) groups is 2. The lowest BCUT2D eigenvalue weighted by Crippen LogP contribution is -2.33. The van der Waals surface area contributed by atoms with E-state index in [0.717, 1.165) is 0 Å². The highest BCUT2D eigenvalue weighted by atomic mass is 16.6. The SMILES string of the molecule is CCOC(=O)C(N=CN(C)C)C(=O)OCC. The van der Waals surface area contributed by atoms with Crippen molar-refractivity contribution in [3.63, 3.8) is 0 Å². The van der Waals surface area contributed by atoms with Gasteiger partial charge < -0.3 is 14.4 Å². The minimum Gasteiger partial charge on any atom is -0.464 e. The predicted molar refractivity (Wildman–Crippen MR) is 59.2 cm³/mol. The maximum Gasteiger partial charge on any atom is 0.342 e. The monoisotopic (exact) mass is 230 g/mol. The molecule has 0 aromatic rings. The van der Waals surface area contributed by atoms with Crippen LogP contribution in [0.1, 0.15) is 13.8 Å². The Morgan fingerprint density at radius 3 is 1.94 bits per heavy atom. The van der Waals surface area contributed by atoms with Crippen LogP contribution in [0.2, 0.25) is 0 Å². The van der Waals surface area contributed by atoms with Gasteiger partial charge in [-0.1, -0.05) is 0 Å². The molecular weight excluding hydrogens is 212 g/mol. The number of esters is 2. The molecule has 0 saturated heterocycles. The van der Waals surface area contributed by atoms with Gasteiger partial charge in [-0.2, -0.15) is 0 Å². The largest absolute Gasteiger partial charge is 0.464 e. The molecular formula is C10H18N2O4. The molecule has 0 atom stereocenters. The zero-order chi connectivity index (χ0) is 12.6. The number of rotatable bonds is 6. The van der Waals surface area contributed by atoms with Crippen LogP contribution in [0.3, 0.4) is 0 Å². The quantitative estimate of drug-likeness (QED) is 0.279. The Kier molecular flexibility index (Phi) is 6.91. The van der Waals surface area contributed by atoms with Crippen molar-refractivity contribution in [2.75, 3.05) is 27.3 Å². The molecule has 0 aliphatic heterocycles. The topological polar surface area (TPSA) is 68.2 Å². The van der Waals surface area contributed by atoms with Crippen molar-refractivity contribution in [1.29, 1.82) is 0 Å². The lowest BCUT2D eigenvalue weighted by molar-refractivity contribution is -0.156. The van der Waals surface area contributed by atoms with E-state index < -0.39 is 18.0 Å². The molecule has 0 aliphatic carbocycles. The highest BCUT2D eigenvalue weighted by molar-refractivity contribution is 6.00. The molecule has 92 valence electrons. The summed E-state index contributed by atoms with van der Waals surface area (Å²) in [6.45, 7) is 3.73. The second-order valence-corrected chi connectivity index (χ2v) is 3.13. The maximum atomic E-state index is 11.4. The third-order valence-corrected chi connectivity index (χ3v) is 1.47. The van der Waals surface area contributed by atoms with Crippen molar-refractivity contribution in [2.45, 2.75) is 19.9 Å². The van der Waals surface area contributed by atoms with Crippen molar-refractivity contribution >= 4 is 18.3 Å². The molecule has 6 nitrogen and oxygen atoms in total. The van der Waals surface area contributed by atoms with E-state index in [1.807, 2.05) is 0 Å². The van der Waals surface area contributed by atoms with Gasteiger partial charge in [0.05, 0.1) is 19.6 Å². The van der Waals surface area contributed by atoms with Crippen LogP contribution in [0.25, 0.3) is 0 Å². The fourth-order valence-corrected chi connectivity index (χ4v) is 0.860. The second-order valence-electron chi connectivity index (χ2n) is 3.13. The van der Waals surface area contributed by atoms with Crippen molar-refractivity contribution < 1.29 is 19.1 Å². The number of carbonyl (C=O) groups excluding carboxylic acids is 2. The van der Waals surface area contributed by atoms with E-state index in [2.05, 4.69) is 4.99 Å². The number of nitrogens with zero attached hydrogens (tertiary/aromatic N) is 2. The van der Waals surface area contributed by atoms with Crippen molar-refractivity contribution in [3.8, 4) is 0 Å². The van der Waals surface area contributed by atoms with Crippen LogP contribution in [0.4, 0.5) is 0 Å². The molecule has 0 bridgehead atoms. The normalized spacial score (nSPS) is 10.6. The van der Waals surface area contributed by atoms with Crippen LogP contribution in [0, 0.1) is 0 Å². The summed E-state index contributed by atoms with van der Waals surface area (Å²) < 4.78 is 9.46. The molecule has 0 heterocycles. The van der Waals surface area contributed by atoms with Crippen LogP contribution in [-0.2, 0) is 19.1 Å². The van der Waals surface area contributed by atoms with E-state index in [9.17, 15) is 9.59 Å². The smallest absolute Gasteiger partial charge is 0.342 e. The fraction of sp³-hybridized carbons (Fsp3) is 0.700. The van der Waals surface area contributed by atoms with Gasteiger partial charge in [-0.15, -0.1) is 0 Å². The minimum absolute atomic E-state index is 0.201. The third kappa shape index (κ3) is 5.33. The Labute approximate surface area is 95.2 Å². The predicted octanol–water partition coefficient (Wildman–Crippen LogP) is 0.0711. The van der Waals surface area contributed by atoms with Crippen molar-refractivity contribution in [3.05, 3.63) is 0 Å². The summed E-state index contributed by atoms with van der Waals surface area (Å²) in [5, 5.41) is 0. The molecule has 0 amide bonds. The van der Waals surface area contributed by atoms with Crippen LogP contribution in [0.15, 0.2) is 4.99 Å². The van der Waals surface area contributed by atoms with Gasteiger partial charge in [0.15, 0.2) is 0 Å². The Bertz CT molecular complexity index is 246. The van der Waals surface area contributed by atoms with Gasteiger partial charge in [-0.25, -0.2) is 14.6 Å². The summed E-state index contributed by atoms with van der Waals surface area (Å²) in [7, 11) is 3.47. The van der Waals surface area contributed by atoms with E-state index in [-0.39, 0.29) is 13.2 Å². The summed E-state index contributed by atoms with van der Waals surface area (Å²) in [5.41, 5.74) is 0. The first-order valence-corrected chi connectivity index (χ1v) is 5.05. The van der Waals surface area contributed by atoms with Crippen molar-refractivity contribution in [1.82, 2.24) is 4.90 Å². The maximum absolute atomic E-state index is 11.4. The van der Waals surface area contributed by atoms with Gasteiger partial charge >= 0.3 is 11.9 Å². The molecule has 0 fully saturated rings. The second kappa shape index (κ2) is 7.67. The summed E-state index contributed by atoms with van der Waals surface area (Å²) >= 11 is 0. The average molecular weight is 230 g/mol. The molecule has 6 heteroatoms. The van der Waals surface area contributed by atoms with Crippen LogP contribution in [0.5, 0.6) is 0 Å². The number of aliphatic imine (C=N–C) groups is 1. The molecule has 16 heavy (non-hydrogen) atoms. The average Bonchev–Trinajstić information content (AvgIpc) is 2.18. The Morgan fingerprint density at radius 2 is 1.62 bits per heavy atom. The lowest BCUT2D eigenvalue weighted by Gasteiger charge is -2.11. The van der Waals surface area contributed by atoms with Crippen LogP contribution < -0.4 is 0 Å². The Morgan fingerprint density at radius 1 is 1.19 bits per heavy atom. The molecule has 0 aliphatic rings. The highest BCUT2D eigenvalue weighted by Gasteiger charge is 2.28. The first kappa shape index (κ1) is 14.4. The number of ether oxygens (including phenoxy) is 2. The van der Waals surface area contributed by atoms with E-state index in [0.29, 0.717) is 0 Å². The molecule has 0 aromatic heterocycles. The first-order valence-electron chi connectivity index (χ1n) is 5.05. The van der Waals surface area contributed by atoms with E-state index in [1.165, 1.54) is 6.34 Å². The summed E-state index contributed by atoms with van der Waals surface area (Å²) in [4.78, 5) is 28.3. The molecule has 0 saturated carbocycles. The molecule has 0 rings (SSSR count). The molecule has 0 radical (unpaired) electrons. The van der Waals surface area contributed by atoms with Gasteiger partial charge in [0.2, 0.25) is 6.04 Å². The van der Waals surface area contributed by atoms with Crippen LogP contribution >= 0.6 is 0 Å². The van der Waals surface area contributed by atoms with E-state index >= 15 is 0 Å². The first-order chi connectivity index (χ1) is 7.52. The van der Waals surface area contributed by atoms with Gasteiger partial charge in [0.25, 0.3) is 0 Å². The van der Waals surface area contributed by atoms with Gasteiger partial charge in [0, 0.05) is 14.1 Å². The Hall–Kier alpha value is -1.59.